The quantitative estimate of drug-likeness (QED) is 0.857. The van der Waals surface area contributed by atoms with E-state index in [0.717, 1.165) is 11.1 Å². The predicted octanol–water partition coefficient (Wildman–Crippen LogP) is 4.57. The average molecular weight is 357 g/mol. The van der Waals surface area contributed by atoms with Crippen molar-refractivity contribution in [1.82, 2.24) is 0 Å². The maximum Gasteiger partial charge on any atom is 0.426 e. The number of aliphatic carboxylic acids is 1. The molecule has 0 saturated heterocycles. The summed E-state index contributed by atoms with van der Waals surface area (Å²) in [6, 6.07) is 11.7. The molecule has 0 aliphatic carbocycles. The van der Waals surface area contributed by atoms with Gasteiger partial charge in [0.2, 0.25) is 6.10 Å². The molecule has 0 aromatic heterocycles. The summed E-state index contributed by atoms with van der Waals surface area (Å²) >= 11 is 5.84. The largest absolute Gasteiger partial charge is 0.481 e. The van der Waals surface area contributed by atoms with Gasteiger partial charge in [-0.2, -0.15) is 13.2 Å². The van der Waals surface area contributed by atoms with E-state index in [1.807, 2.05) is 0 Å². The van der Waals surface area contributed by atoms with Crippen LogP contribution in [0.25, 0.3) is 11.1 Å². The lowest BCUT2D eigenvalue weighted by Gasteiger charge is -2.32. The van der Waals surface area contributed by atoms with Gasteiger partial charge in [-0.3, -0.25) is 4.79 Å². The number of carboxylic acid groups (broad SMARTS) is 1. The van der Waals surface area contributed by atoms with E-state index in [4.69, 9.17) is 21.4 Å². The number of ether oxygens (including phenoxy) is 1. The van der Waals surface area contributed by atoms with E-state index in [-0.39, 0.29) is 12.2 Å². The minimum Gasteiger partial charge on any atom is -0.481 e. The van der Waals surface area contributed by atoms with Crippen molar-refractivity contribution in [3.05, 3.63) is 53.1 Å². The lowest BCUT2D eigenvalue weighted by molar-refractivity contribution is -0.217. The summed E-state index contributed by atoms with van der Waals surface area (Å²) in [4.78, 5) is 11.2. The molecule has 0 fully saturated rings. The summed E-state index contributed by atoms with van der Waals surface area (Å²) in [6.45, 7) is 0. The summed E-state index contributed by atoms with van der Waals surface area (Å²) < 4.78 is 44.0. The maximum absolute atomic E-state index is 13.0. The third-order valence-corrected chi connectivity index (χ3v) is 4.19. The predicted molar refractivity (Wildman–Crippen MR) is 82.2 cm³/mol. The van der Waals surface area contributed by atoms with E-state index in [1.165, 1.54) is 6.07 Å². The van der Waals surface area contributed by atoms with Crippen molar-refractivity contribution in [2.75, 3.05) is 0 Å². The van der Waals surface area contributed by atoms with Gasteiger partial charge in [0.05, 0.1) is 0 Å². The van der Waals surface area contributed by atoms with Crippen LogP contribution in [0.4, 0.5) is 13.2 Å². The van der Waals surface area contributed by atoms with Crippen LogP contribution >= 0.6 is 11.6 Å². The molecule has 0 saturated carbocycles. The molecule has 0 amide bonds. The van der Waals surface area contributed by atoms with Crippen LogP contribution in [-0.2, 0) is 11.2 Å². The lowest BCUT2D eigenvalue weighted by Crippen LogP contribution is -2.47. The van der Waals surface area contributed by atoms with Crippen molar-refractivity contribution in [2.24, 2.45) is 5.92 Å². The van der Waals surface area contributed by atoms with Gasteiger partial charge in [0.25, 0.3) is 0 Å². The fourth-order valence-corrected chi connectivity index (χ4v) is 2.88. The zero-order valence-electron chi connectivity index (χ0n) is 12.2. The van der Waals surface area contributed by atoms with Crippen molar-refractivity contribution in [3.63, 3.8) is 0 Å². The van der Waals surface area contributed by atoms with Crippen LogP contribution in [0.5, 0.6) is 5.75 Å². The van der Waals surface area contributed by atoms with E-state index in [0.29, 0.717) is 10.6 Å². The number of hydrogen-bond donors (Lipinski definition) is 1. The molecule has 2 aromatic rings. The van der Waals surface area contributed by atoms with Gasteiger partial charge in [0, 0.05) is 5.02 Å². The Bertz CT molecular complexity index is 772. The van der Waals surface area contributed by atoms with Crippen molar-refractivity contribution >= 4 is 17.6 Å². The smallest absolute Gasteiger partial charge is 0.426 e. The maximum atomic E-state index is 13.0. The van der Waals surface area contributed by atoms with Crippen molar-refractivity contribution in [1.29, 1.82) is 0 Å². The normalized spacial score (nSPS) is 20.2. The van der Waals surface area contributed by atoms with Crippen LogP contribution in [0.15, 0.2) is 42.5 Å². The first-order valence-corrected chi connectivity index (χ1v) is 7.48. The van der Waals surface area contributed by atoms with E-state index in [1.54, 1.807) is 36.4 Å². The molecule has 1 N–H and O–H groups in total. The molecule has 3 rings (SSSR count). The standard InChI is InChI=1S/C17H12ClF3O3/c18-12-4-1-9(2-5-12)10-3-6-14-11(7-10)8-13(16(22)23)15(24-14)17(19,20)21/h1-7,13,15H,8H2,(H,22,23). The molecular weight excluding hydrogens is 345 g/mol. The lowest BCUT2D eigenvalue weighted by atomic mass is 9.88. The van der Waals surface area contributed by atoms with Gasteiger partial charge in [-0.1, -0.05) is 29.8 Å². The number of fused-ring (bicyclic) bond motifs is 1. The van der Waals surface area contributed by atoms with Gasteiger partial charge in [-0.15, -0.1) is 0 Å². The van der Waals surface area contributed by atoms with Gasteiger partial charge in [-0.25, -0.2) is 0 Å². The Morgan fingerprint density at radius 2 is 1.75 bits per heavy atom. The molecule has 1 heterocycles. The Morgan fingerprint density at radius 3 is 2.33 bits per heavy atom. The molecule has 1 aliphatic heterocycles. The van der Waals surface area contributed by atoms with E-state index >= 15 is 0 Å². The third-order valence-electron chi connectivity index (χ3n) is 3.94. The van der Waals surface area contributed by atoms with Crippen LogP contribution in [0.2, 0.25) is 5.02 Å². The molecule has 0 spiro atoms. The van der Waals surface area contributed by atoms with Crippen molar-refractivity contribution < 1.29 is 27.8 Å². The number of halogens is 4. The number of carboxylic acids is 1. The number of rotatable bonds is 2. The van der Waals surface area contributed by atoms with Gasteiger partial charge < -0.3 is 9.84 Å². The van der Waals surface area contributed by atoms with Crippen molar-refractivity contribution in [3.8, 4) is 16.9 Å². The molecule has 1 aliphatic rings. The second-order valence-electron chi connectivity index (χ2n) is 5.56. The molecule has 2 aromatic carbocycles. The van der Waals surface area contributed by atoms with Gasteiger partial charge in [0.15, 0.2) is 0 Å². The number of hydrogen-bond acceptors (Lipinski definition) is 2. The van der Waals surface area contributed by atoms with Gasteiger partial charge >= 0.3 is 12.1 Å². The van der Waals surface area contributed by atoms with Gasteiger partial charge in [-0.05, 0) is 47.4 Å². The molecule has 0 bridgehead atoms. The molecule has 7 heteroatoms. The molecular formula is C17H12ClF3O3. The summed E-state index contributed by atoms with van der Waals surface area (Å²) in [5.74, 6) is -3.13. The Labute approximate surface area is 140 Å². The molecule has 2 atom stereocenters. The highest BCUT2D eigenvalue weighted by atomic mass is 35.5. The topological polar surface area (TPSA) is 46.5 Å². The van der Waals surface area contributed by atoms with Gasteiger partial charge in [0.1, 0.15) is 11.7 Å². The highest BCUT2D eigenvalue weighted by Gasteiger charge is 2.52. The average Bonchev–Trinajstić information content (AvgIpc) is 2.53. The second kappa shape index (κ2) is 6.02. The monoisotopic (exact) mass is 356 g/mol. The number of benzene rings is 2. The van der Waals surface area contributed by atoms with Crippen LogP contribution < -0.4 is 4.74 Å². The Hall–Kier alpha value is -2.21. The van der Waals surface area contributed by atoms with Crippen LogP contribution in [-0.4, -0.2) is 23.4 Å². The Morgan fingerprint density at radius 1 is 1.12 bits per heavy atom. The Kier molecular flexibility index (Phi) is 4.17. The van der Waals surface area contributed by atoms with Crippen LogP contribution in [0, 0.1) is 5.92 Å². The van der Waals surface area contributed by atoms with E-state index in [2.05, 4.69) is 0 Å². The summed E-state index contributed by atoms with van der Waals surface area (Å²) in [7, 11) is 0. The molecule has 0 radical (unpaired) electrons. The third kappa shape index (κ3) is 3.19. The highest BCUT2D eigenvalue weighted by molar-refractivity contribution is 6.30. The van der Waals surface area contributed by atoms with Crippen LogP contribution in [0.1, 0.15) is 5.56 Å². The molecule has 2 unspecified atom stereocenters. The summed E-state index contributed by atoms with van der Waals surface area (Å²) in [5.41, 5.74) is 2.02. The fraction of sp³-hybridized carbons (Fsp3) is 0.235. The zero-order valence-corrected chi connectivity index (χ0v) is 12.9. The van der Waals surface area contributed by atoms with E-state index in [9.17, 15) is 18.0 Å². The number of carbonyl (C=O) groups is 1. The first-order valence-electron chi connectivity index (χ1n) is 7.11. The highest BCUT2D eigenvalue weighted by Crippen LogP contribution is 2.40. The zero-order chi connectivity index (χ0) is 17.5. The number of alkyl halides is 3. The minimum atomic E-state index is -4.74. The van der Waals surface area contributed by atoms with Crippen LogP contribution in [0.3, 0.4) is 0 Å². The SMILES string of the molecule is O=C(O)C1Cc2cc(-c3ccc(Cl)cc3)ccc2OC1C(F)(F)F. The molecule has 24 heavy (non-hydrogen) atoms. The summed E-state index contributed by atoms with van der Waals surface area (Å²) in [6.07, 6.45) is -7.32. The first-order chi connectivity index (χ1) is 11.3. The summed E-state index contributed by atoms with van der Waals surface area (Å²) in [5, 5.41) is 9.69. The first kappa shape index (κ1) is 16.6. The second-order valence-corrected chi connectivity index (χ2v) is 5.99. The molecule has 3 nitrogen and oxygen atoms in total. The molecule has 126 valence electrons. The van der Waals surface area contributed by atoms with Crippen molar-refractivity contribution in [2.45, 2.75) is 18.7 Å². The fourth-order valence-electron chi connectivity index (χ4n) is 2.75. The Balaban J connectivity index is 1.98. The van der Waals surface area contributed by atoms with E-state index < -0.39 is 24.2 Å². The minimum absolute atomic E-state index is 0.0625.